The van der Waals surface area contributed by atoms with Crippen molar-refractivity contribution in [3.05, 3.63) is 36.7 Å². The van der Waals surface area contributed by atoms with Crippen molar-refractivity contribution in [3.8, 4) is 11.5 Å². The molecule has 0 unspecified atom stereocenters. The molecule has 0 aliphatic heterocycles. The Hall–Kier alpha value is -1.97. The predicted octanol–water partition coefficient (Wildman–Crippen LogP) is 2.60. The molecule has 0 radical (unpaired) electrons. The highest BCUT2D eigenvalue weighted by Crippen LogP contribution is 2.30. The van der Waals surface area contributed by atoms with Crippen LogP contribution in [0.15, 0.2) is 41.7 Å². The number of guanidine groups is 1. The number of methoxy groups -OCH3 is 1. The van der Waals surface area contributed by atoms with Crippen LogP contribution in [0.5, 0.6) is 11.5 Å². The summed E-state index contributed by atoms with van der Waals surface area (Å²) in [6, 6.07) is 7.58. The zero-order valence-corrected chi connectivity index (χ0v) is 16.5. The number of ether oxygens (including phenoxy) is 2. The van der Waals surface area contributed by atoms with E-state index in [4.69, 9.17) is 9.47 Å². The Morgan fingerprint density at radius 2 is 2.17 bits per heavy atom. The SMILES string of the molecule is CCOc1cc(NC(=NC)NCCn2cccn2)ccc1OC.I. The highest BCUT2D eigenvalue weighted by molar-refractivity contribution is 14.0. The summed E-state index contributed by atoms with van der Waals surface area (Å²) >= 11 is 0. The fourth-order valence-corrected chi connectivity index (χ4v) is 2.06. The van der Waals surface area contributed by atoms with Crippen molar-refractivity contribution in [3.63, 3.8) is 0 Å². The molecule has 0 saturated heterocycles. The number of aliphatic imine (C=N–C) groups is 1. The molecule has 8 heteroatoms. The van der Waals surface area contributed by atoms with E-state index >= 15 is 0 Å². The van der Waals surface area contributed by atoms with Crippen LogP contribution < -0.4 is 20.1 Å². The van der Waals surface area contributed by atoms with Crippen molar-refractivity contribution in [2.45, 2.75) is 13.5 Å². The van der Waals surface area contributed by atoms with Gasteiger partial charge in [0.1, 0.15) is 0 Å². The molecule has 1 aromatic heterocycles. The van der Waals surface area contributed by atoms with E-state index in [0.717, 1.165) is 18.8 Å². The van der Waals surface area contributed by atoms with Gasteiger partial charge in [-0.2, -0.15) is 5.10 Å². The van der Waals surface area contributed by atoms with Crippen LogP contribution in [-0.2, 0) is 6.54 Å². The summed E-state index contributed by atoms with van der Waals surface area (Å²) in [5.74, 6) is 2.09. The van der Waals surface area contributed by atoms with Gasteiger partial charge in [0.2, 0.25) is 0 Å². The topological polar surface area (TPSA) is 72.7 Å². The average Bonchev–Trinajstić information content (AvgIpc) is 3.08. The quantitative estimate of drug-likeness (QED) is 0.390. The van der Waals surface area contributed by atoms with Crippen molar-refractivity contribution < 1.29 is 9.47 Å². The third-order valence-electron chi connectivity index (χ3n) is 3.14. The van der Waals surface area contributed by atoms with Crippen LogP contribution in [0.2, 0.25) is 0 Å². The molecule has 0 spiro atoms. The van der Waals surface area contributed by atoms with Crippen LogP contribution in [0, 0.1) is 0 Å². The van der Waals surface area contributed by atoms with Gasteiger partial charge < -0.3 is 20.1 Å². The maximum absolute atomic E-state index is 5.58. The fraction of sp³-hybridized carbons (Fsp3) is 0.375. The van der Waals surface area contributed by atoms with Gasteiger partial charge in [-0.05, 0) is 25.1 Å². The van der Waals surface area contributed by atoms with E-state index in [-0.39, 0.29) is 24.0 Å². The summed E-state index contributed by atoms with van der Waals surface area (Å²) in [5, 5.41) is 10.6. The fourth-order valence-electron chi connectivity index (χ4n) is 2.06. The maximum atomic E-state index is 5.58. The van der Waals surface area contributed by atoms with E-state index in [1.54, 1.807) is 20.4 Å². The molecule has 132 valence electrons. The Bertz CT molecular complexity index is 631. The van der Waals surface area contributed by atoms with Gasteiger partial charge in [-0.3, -0.25) is 9.67 Å². The third kappa shape index (κ3) is 5.91. The lowest BCUT2D eigenvalue weighted by molar-refractivity contribution is 0.311. The summed E-state index contributed by atoms with van der Waals surface area (Å²) in [6.45, 7) is 4.00. The number of halogens is 1. The standard InChI is InChI=1S/C16H23N5O2.HI/c1-4-23-15-12-13(6-7-14(15)22-3)20-16(17-2)18-9-11-21-10-5-8-19-21;/h5-8,10,12H,4,9,11H2,1-3H3,(H2,17,18,20);1H. The van der Waals surface area contributed by atoms with Gasteiger partial charge in [-0.15, -0.1) is 24.0 Å². The summed E-state index contributed by atoms with van der Waals surface area (Å²) in [5.41, 5.74) is 0.876. The molecular formula is C16H24IN5O2. The Balaban J connectivity index is 0.00000288. The molecule has 0 atom stereocenters. The number of rotatable bonds is 7. The molecule has 0 saturated carbocycles. The minimum Gasteiger partial charge on any atom is -0.493 e. The van der Waals surface area contributed by atoms with E-state index in [2.05, 4.69) is 20.7 Å². The average molecular weight is 445 g/mol. The van der Waals surface area contributed by atoms with Gasteiger partial charge in [0.15, 0.2) is 17.5 Å². The second kappa shape index (κ2) is 10.7. The second-order valence-electron chi connectivity index (χ2n) is 4.69. The summed E-state index contributed by atoms with van der Waals surface area (Å²) in [6.07, 6.45) is 3.69. The molecule has 0 bridgehead atoms. The number of hydrogen-bond acceptors (Lipinski definition) is 4. The van der Waals surface area contributed by atoms with Crippen molar-refractivity contribution in [1.82, 2.24) is 15.1 Å². The maximum Gasteiger partial charge on any atom is 0.195 e. The largest absolute Gasteiger partial charge is 0.493 e. The normalized spacial score (nSPS) is 10.7. The van der Waals surface area contributed by atoms with Crippen LogP contribution in [0.3, 0.4) is 0 Å². The van der Waals surface area contributed by atoms with Gasteiger partial charge in [0, 0.05) is 37.7 Å². The molecule has 0 amide bonds. The Kier molecular flexibility index (Phi) is 8.98. The Morgan fingerprint density at radius 3 is 2.79 bits per heavy atom. The minimum atomic E-state index is 0. The molecule has 7 nitrogen and oxygen atoms in total. The third-order valence-corrected chi connectivity index (χ3v) is 3.14. The molecule has 0 aliphatic carbocycles. The van der Waals surface area contributed by atoms with Crippen LogP contribution in [0.25, 0.3) is 0 Å². The summed E-state index contributed by atoms with van der Waals surface area (Å²) < 4.78 is 12.7. The van der Waals surface area contributed by atoms with Crippen LogP contribution in [0.1, 0.15) is 6.92 Å². The first-order chi connectivity index (χ1) is 11.3. The lowest BCUT2D eigenvalue weighted by Crippen LogP contribution is -2.33. The molecule has 1 heterocycles. The highest BCUT2D eigenvalue weighted by atomic mass is 127. The van der Waals surface area contributed by atoms with Crippen LogP contribution in [0.4, 0.5) is 5.69 Å². The van der Waals surface area contributed by atoms with E-state index in [1.165, 1.54) is 0 Å². The van der Waals surface area contributed by atoms with Crippen molar-refractivity contribution in [2.75, 3.05) is 32.6 Å². The number of aromatic nitrogens is 2. The molecule has 2 rings (SSSR count). The van der Waals surface area contributed by atoms with Gasteiger partial charge in [0.05, 0.1) is 20.3 Å². The smallest absolute Gasteiger partial charge is 0.195 e. The van der Waals surface area contributed by atoms with Gasteiger partial charge in [-0.1, -0.05) is 0 Å². The molecule has 0 fully saturated rings. The first-order valence-corrected chi connectivity index (χ1v) is 7.52. The monoisotopic (exact) mass is 445 g/mol. The molecule has 2 aromatic rings. The molecule has 1 aromatic carbocycles. The van der Waals surface area contributed by atoms with E-state index in [9.17, 15) is 0 Å². The van der Waals surface area contributed by atoms with Gasteiger partial charge in [-0.25, -0.2) is 0 Å². The second-order valence-corrected chi connectivity index (χ2v) is 4.69. The van der Waals surface area contributed by atoms with E-state index < -0.39 is 0 Å². The molecular weight excluding hydrogens is 421 g/mol. The number of hydrogen-bond donors (Lipinski definition) is 2. The number of anilines is 1. The Morgan fingerprint density at radius 1 is 1.33 bits per heavy atom. The summed E-state index contributed by atoms with van der Waals surface area (Å²) in [7, 11) is 3.36. The van der Waals surface area contributed by atoms with Crippen LogP contribution in [-0.4, -0.2) is 43.0 Å². The Labute approximate surface area is 159 Å². The number of nitrogens with one attached hydrogen (secondary N) is 2. The molecule has 0 aliphatic rings. The van der Waals surface area contributed by atoms with Crippen LogP contribution >= 0.6 is 24.0 Å². The van der Waals surface area contributed by atoms with Crippen molar-refractivity contribution >= 4 is 35.6 Å². The van der Waals surface area contributed by atoms with E-state index in [0.29, 0.717) is 24.1 Å². The van der Waals surface area contributed by atoms with Gasteiger partial charge in [0.25, 0.3) is 0 Å². The zero-order chi connectivity index (χ0) is 16.5. The van der Waals surface area contributed by atoms with E-state index in [1.807, 2.05) is 42.1 Å². The van der Waals surface area contributed by atoms with Crippen molar-refractivity contribution in [2.24, 2.45) is 4.99 Å². The highest BCUT2D eigenvalue weighted by Gasteiger charge is 2.06. The molecule has 2 N–H and O–H groups in total. The zero-order valence-electron chi connectivity index (χ0n) is 14.2. The first kappa shape index (κ1) is 20.1. The lowest BCUT2D eigenvalue weighted by Gasteiger charge is -2.14. The lowest BCUT2D eigenvalue weighted by atomic mass is 10.2. The minimum absolute atomic E-state index is 0. The van der Waals surface area contributed by atoms with Gasteiger partial charge >= 0.3 is 0 Å². The molecule has 24 heavy (non-hydrogen) atoms. The van der Waals surface area contributed by atoms with Crippen molar-refractivity contribution in [1.29, 1.82) is 0 Å². The predicted molar refractivity (Wildman–Crippen MR) is 107 cm³/mol. The first-order valence-electron chi connectivity index (χ1n) is 7.52. The number of nitrogens with zero attached hydrogens (tertiary/aromatic N) is 3. The summed E-state index contributed by atoms with van der Waals surface area (Å²) in [4.78, 5) is 4.21. The number of benzene rings is 1.